The maximum Gasteiger partial charge on any atom is 0.222 e. The van der Waals surface area contributed by atoms with Gasteiger partial charge >= 0.3 is 0 Å². The van der Waals surface area contributed by atoms with E-state index in [4.69, 9.17) is 11.2 Å². The first kappa shape index (κ1) is 16.9. The molecular weight excluding hydrogens is 280 g/mol. The monoisotopic (exact) mass is 306 g/mol. The quantitative estimate of drug-likeness (QED) is 0.639. The molecule has 1 atom stereocenters. The Morgan fingerprint density at radius 3 is 2.77 bits per heavy atom. The Morgan fingerprint density at radius 2 is 2.18 bits per heavy atom. The molecule has 1 saturated heterocycles. The molecule has 2 rings (SSSR count). The molecule has 0 bridgehead atoms. The second-order valence-electron chi connectivity index (χ2n) is 6.10. The summed E-state index contributed by atoms with van der Waals surface area (Å²) >= 11 is 0. The van der Waals surface area contributed by atoms with Gasteiger partial charge in [-0.15, -0.1) is 12.3 Å². The molecule has 0 aromatic carbocycles. The number of hydrogen-bond donors (Lipinski definition) is 0. The minimum absolute atomic E-state index is 0.204. The average Bonchev–Trinajstić information content (AvgIpc) is 3.30. The highest BCUT2D eigenvalue weighted by Gasteiger charge is 2.40. The van der Waals surface area contributed by atoms with E-state index in [1.165, 1.54) is 0 Å². The minimum Gasteiger partial charge on any atom is -0.383 e. The van der Waals surface area contributed by atoms with Crippen LogP contribution in [0.15, 0.2) is 10.2 Å². The van der Waals surface area contributed by atoms with Crippen molar-refractivity contribution in [2.45, 2.75) is 44.3 Å². The second kappa shape index (κ2) is 7.70. The molecule has 22 heavy (non-hydrogen) atoms. The van der Waals surface area contributed by atoms with Crippen LogP contribution < -0.4 is 0 Å². The summed E-state index contributed by atoms with van der Waals surface area (Å²) in [5.74, 6) is 2.82. The Balaban J connectivity index is 1.72. The molecule has 0 aromatic heterocycles. The molecule has 0 spiro atoms. The molecule has 1 fully saturated rings. The molecule has 0 N–H and O–H groups in total. The van der Waals surface area contributed by atoms with Crippen molar-refractivity contribution in [2.75, 3.05) is 39.9 Å². The molecule has 1 amide bonds. The SMILES string of the molecule is C#CCCC1(CCC(=O)N2CCN(CCOC)C(C)C2)N=N1. The number of rotatable bonds is 8. The molecule has 122 valence electrons. The van der Waals surface area contributed by atoms with Crippen molar-refractivity contribution in [3.8, 4) is 12.3 Å². The van der Waals surface area contributed by atoms with Gasteiger partial charge in [0.05, 0.1) is 6.61 Å². The number of methoxy groups -OCH3 is 1. The fourth-order valence-electron chi connectivity index (χ4n) is 2.90. The summed E-state index contributed by atoms with van der Waals surface area (Å²) in [5, 5.41) is 8.17. The number of carbonyl (C=O) groups is 1. The van der Waals surface area contributed by atoms with Crippen LogP contribution in [0.4, 0.5) is 0 Å². The zero-order valence-electron chi connectivity index (χ0n) is 13.6. The van der Waals surface area contributed by atoms with Gasteiger partial charge in [0, 0.05) is 65.0 Å². The van der Waals surface area contributed by atoms with E-state index in [1.807, 2.05) is 4.90 Å². The smallest absolute Gasteiger partial charge is 0.222 e. The minimum atomic E-state index is -0.353. The summed E-state index contributed by atoms with van der Waals surface area (Å²) in [6, 6.07) is 0.374. The van der Waals surface area contributed by atoms with Gasteiger partial charge < -0.3 is 9.64 Å². The molecular formula is C16H26N4O2. The Morgan fingerprint density at radius 1 is 1.41 bits per heavy atom. The first-order valence-corrected chi connectivity index (χ1v) is 7.98. The van der Waals surface area contributed by atoms with Crippen LogP contribution in [-0.4, -0.2) is 67.3 Å². The number of piperazine rings is 1. The van der Waals surface area contributed by atoms with Gasteiger partial charge in [-0.25, -0.2) is 0 Å². The van der Waals surface area contributed by atoms with Crippen LogP contribution in [0.3, 0.4) is 0 Å². The largest absolute Gasteiger partial charge is 0.383 e. The molecule has 2 heterocycles. The highest BCUT2D eigenvalue weighted by molar-refractivity contribution is 5.76. The fraction of sp³-hybridized carbons (Fsp3) is 0.812. The number of nitrogens with zero attached hydrogens (tertiary/aromatic N) is 4. The van der Waals surface area contributed by atoms with E-state index in [0.717, 1.165) is 39.2 Å². The van der Waals surface area contributed by atoms with Crippen molar-refractivity contribution < 1.29 is 9.53 Å². The maximum absolute atomic E-state index is 12.4. The van der Waals surface area contributed by atoms with E-state index in [9.17, 15) is 4.79 Å². The average molecular weight is 306 g/mol. The molecule has 0 aliphatic carbocycles. The third-order valence-electron chi connectivity index (χ3n) is 4.49. The number of amides is 1. The van der Waals surface area contributed by atoms with Crippen molar-refractivity contribution in [2.24, 2.45) is 10.2 Å². The topological polar surface area (TPSA) is 57.5 Å². The van der Waals surface area contributed by atoms with Gasteiger partial charge in [-0.05, 0) is 6.92 Å². The van der Waals surface area contributed by atoms with E-state index in [0.29, 0.717) is 25.3 Å². The van der Waals surface area contributed by atoms with E-state index in [1.54, 1.807) is 7.11 Å². The third-order valence-corrected chi connectivity index (χ3v) is 4.49. The molecule has 0 radical (unpaired) electrons. The molecule has 0 aromatic rings. The van der Waals surface area contributed by atoms with Crippen LogP contribution in [0.5, 0.6) is 0 Å². The van der Waals surface area contributed by atoms with E-state index >= 15 is 0 Å². The second-order valence-corrected chi connectivity index (χ2v) is 6.10. The Hall–Kier alpha value is -1.45. The first-order chi connectivity index (χ1) is 10.6. The van der Waals surface area contributed by atoms with Crippen molar-refractivity contribution in [1.82, 2.24) is 9.80 Å². The third kappa shape index (κ3) is 4.52. The van der Waals surface area contributed by atoms with Gasteiger partial charge in [0.15, 0.2) is 5.66 Å². The van der Waals surface area contributed by atoms with Crippen LogP contribution in [0, 0.1) is 12.3 Å². The zero-order valence-corrected chi connectivity index (χ0v) is 13.6. The highest BCUT2D eigenvalue weighted by atomic mass is 16.5. The summed E-state index contributed by atoms with van der Waals surface area (Å²) in [5.41, 5.74) is -0.353. The fourth-order valence-corrected chi connectivity index (χ4v) is 2.90. The first-order valence-electron chi connectivity index (χ1n) is 7.98. The lowest BCUT2D eigenvalue weighted by molar-refractivity contribution is -0.134. The van der Waals surface area contributed by atoms with Crippen LogP contribution >= 0.6 is 0 Å². The van der Waals surface area contributed by atoms with Crippen molar-refractivity contribution in [3.05, 3.63) is 0 Å². The standard InChI is InChI=1S/C16H26N4O2/c1-4-5-7-16(17-18-16)8-6-15(21)20-10-9-19(11-12-22-3)14(2)13-20/h1,14H,5-13H2,2-3H3. The van der Waals surface area contributed by atoms with Crippen LogP contribution in [0.2, 0.25) is 0 Å². The molecule has 2 aliphatic heterocycles. The maximum atomic E-state index is 12.4. The zero-order chi connectivity index (χ0) is 16.0. The van der Waals surface area contributed by atoms with Crippen molar-refractivity contribution in [1.29, 1.82) is 0 Å². The lowest BCUT2D eigenvalue weighted by Gasteiger charge is -2.39. The number of carbonyl (C=O) groups excluding carboxylic acids is 1. The summed E-state index contributed by atoms with van der Waals surface area (Å²) < 4.78 is 5.13. The van der Waals surface area contributed by atoms with Crippen LogP contribution in [-0.2, 0) is 9.53 Å². The highest BCUT2D eigenvalue weighted by Crippen LogP contribution is 2.37. The number of terminal acetylenes is 1. The van der Waals surface area contributed by atoms with E-state index in [2.05, 4.69) is 28.0 Å². The van der Waals surface area contributed by atoms with Gasteiger partial charge in [-0.3, -0.25) is 9.69 Å². The summed E-state index contributed by atoms with van der Waals surface area (Å²) in [6.45, 7) is 6.31. The van der Waals surface area contributed by atoms with Crippen LogP contribution in [0.25, 0.3) is 0 Å². The molecule has 6 nitrogen and oxygen atoms in total. The normalized spacial score (nSPS) is 23.3. The lowest BCUT2D eigenvalue weighted by atomic mass is 10.0. The lowest BCUT2D eigenvalue weighted by Crippen LogP contribution is -2.54. The van der Waals surface area contributed by atoms with Gasteiger partial charge in [-0.2, -0.15) is 10.2 Å². The molecule has 6 heteroatoms. The van der Waals surface area contributed by atoms with Gasteiger partial charge in [0.2, 0.25) is 5.91 Å². The van der Waals surface area contributed by atoms with Crippen molar-refractivity contribution >= 4 is 5.91 Å². The predicted molar refractivity (Wildman–Crippen MR) is 84.4 cm³/mol. The van der Waals surface area contributed by atoms with Gasteiger partial charge in [0.25, 0.3) is 0 Å². The van der Waals surface area contributed by atoms with Gasteiger partial charge in [0.1, 0.15) is 0 Å². The van der Waals surface area contributed by atoms with Crippen LogP contribution in [0.1, 0.15) is 32.6 Å². The Kier molecular flexibility index (Phi) is 5.92. The Bertz CT molecular complexity index is 452. The van der Waals surface area contributed by atoms with Crippen molar-refractivity contribution in [3.63, 3.8) is 0 Å². The van der Waals surface area contributed by atoms with Gasteiger partial charge in [-0.1, -0.05) is 0 Å². The molecule has 0 saturated carbocycles. The Labute approximate surface area is 132 Å². The molecule has 1 unspecified atom stereocenters. The predicted octanol–water partition coefficient (Wildman–Crippen LogP) is 1.52. The number of ether oxygens (including phenoxy) is 1. The summed E-state index contributed by atoms with van der Waals surface area (Å²) in [6.07, 6.45) is 7.89. The summed E-state index contributed by atoms with van der Waals surface area (Å²) in [7, 11) is 1.72. The van der Waals surface area contributed by atoms with E-state index < -0.39 is 0 Å². The van der Waals surface area contributed by atoms with E-state index in [-0.39, 0.29) is 11.6 Å². The summed E-state index contributed by atoms with van der Waals surface area (Å²) in [4.78, 5) is 16.7. The molecule has 2 aliphatic rings. The number of hydrogen-bond acceptors (Lipinski definition) is 5.